The smallest absolute Gasteiger partial charge is 0.321 e. The Kier molecular flexibility index (Phi) is 5.13. The summed E-state index contributed by atoms with van der Waals surface area (Å²) < 4.78 is 5.47. The van der Waals surface area contributed by atoms with Crippen LogP contribution in [0.25, 0.3) is 0 Å². The summed E-state index contributed by atoms with van der Waals surface area (Å²) in [4.78, 5) is 23.4. The van der Waals surface area contributed by atoms with Gasteiger partial charge in [0.2, 0.25) is 0 Å². The Bertz CT molecular complexity index is 475. The van der Waals surface area contributed by atoms with Gasteiger partial charge in [-0.1, -0.05) is 17.7 Å². The second-order valence-electron chi connectivity index (χ2n) is 5.77. The fourth-order valence-electron chi connectivity index (χ4n) is 1.46. The number of benzene rings is 1. The van der Waals surface area contributed by atoms with Crippen LogP contribution in [0.1, 0.15) is 33.3 Å². The van der Waals surface area contributed by atoms with Crippen LogP contribution < -0.4 is 15.4 Å². The average molecular weight is 278 g/mol. The molecule has 1 aromatic rings. The third-order valence-electron chi connectivity index (χ3n) is 2.43. The Morgan fingerprint density at radius 2 is 1.70 bits per heavy atom. The third kappa shape index (κ3) is 5.73. The number of imide groups is 1. The topological polar surface area (TPSA) is 67.4 Å². The molecule has 0 saturated carbocycles. The lowest BCUT2D eigenvalue weighted by molar-refractivity contribution is -0.126. The van der Waals surface area contributed by atoms with E-state index in [2.05, 4.69) is 10.6 Å². The SMILES string of the molecule is Cc1ccc(O[C@@H](C)C(=O)NC(=O)NC(C)(C)C)cc1. The Morgan fingerprint density at radius 1 is 1.15 bits per heavy atom. The molecule has 2 N–H and O–H groups in total. The number of ether oxygens (including phenoxy) is 1. The van der Waals surface area contributed by atoms with Gasteiger partial charge in [0.1, 0.15) is 5.75 Å². The van der Waals surface area contributed by atoms with Crippen molar-refractivity contribution < 1.29 is 14.3 Å². The van der Waals surface area contributed by atoms with E-state index in [0.29, 0.717) is 5.75 Å². The number of hydrogen-bond acceptors (Lipinski definition) is 3. The zero-order valence-electron chi connectivity index (χ0n) is 12.6. The maximum absolute atomic E-state index is 11.8. The molecular weight excluding hydrogens is 256 g/mol. The van der Waals surface area contributed by atoms with Crippen molar-refractivity contribution in [3.63, 3.8) is 0 Å². The highest BCUT2D eigenvalue weighted by Gasteiger charge is 2.20. The van der Waals surface area contributed by atoms with Crippen LogP contribution in [0.15, 0.2) is 24.3 Å². The van der Waals surface area contributed by atoms with E-state index >= 15 is 0 Å². The molecule has 0 heterocycles. The molecule has 0 fully saturated rings. The summed E-state index contributed by atoms with van der Waals surface area (Å²) in [6.45, 7) is 9.08. The van der Waals surface area contributed by atoms with Gasteiger partial charge in [-0.15, -0.1) is 0 Å². The molecule has 20 heavy (non-hydrogen) atoms. The standard InChI is InChI=1S/C15H22N2O3/c1-10-6-8-12(9-7-10)20-11(2)13(18)16-14(19)17-15(3,4)5/h6-9,11H,1-5H3,(H2,16,17,18,19)/t11-/m0/s1. The second kappa shape index (κ2) is 6.41. The molecule has 3 amide bonds. The Morgan fingerprint density at radius 3 is 2.20 bits per heavy atom. The molecule has 5 nitrogen and oxygen atoms in total. The maximum Gasteiger partial charge on any atom is 0.321 e. The molecule has 0 unspecified atom stereocenters. The molecule has 0 aliphatic rings. The van der Waals surface area contributed by atoms with Gasteiger partial charge in [-0.25, -0.2) is 4.79 Å². The maximum atomic E-state index is 11.8. The zero-order chi connectivity index (χ0) is 15.3. The van der Waals surface area contributed by atoms with Gasteiger partial charge in [0.25, 0.3) is 5.91 Å². The molecule has 1 atom stereocenters. The Balaban J connectivity index is 2.51. The number of urea groups is 1. The molecule has 5 heteroatoms. The molecule has 0 aromatic heterocycles. The van der Waals surface area contributed by atoms with Gasteiger partial charge in [-0.2, -0.15) is 0 Å². The van der Waals surface area contributed by atoms with Gasteiger partial charge in [0.05, 0.1) is 0 Å². The summed E-state index contributed by atoms with van der Waals surface area (Å²) in [7, 11) is 0. The van der Waals surface area contributed by atoms with Gasteiger partial charge < -0.3 is 10.1 Å². The molecule has 0 saturated heterocycles. The van der Waals surface area contributed by atoms with Crippen LogP contribution in [0.4, 0.5) is 4.79 Å². The van der Waals surface area contributed by atoms with Crippen molar-refractivity contribution in [1.29, 1.82) is 0 Å². The van der Waals surface area contributed by atoms with E-state index in [9.17, 15) is 9.59 Å². The molecule has 1 rings (SSSR count). The fourth-order valence-corrected chi connectivity index (χ4v) is 1.46. The van der Waals surface area contributed by atoms with E-state index in [1.165, 1.54) is 0 Å². The minimum absolute atomic E-state index is 0.397. The lowest BCUT2D eigenvalue weighted by Crippen LogP contribution is -2.50. The molecule has 0 radical (unpaired) electrons. The number of hydrogen-bond donors (Lipinski definition) is 2. The van der Waals surface area contributed by atoms with Crippen LogP contribution in [0.2, 0.25) is 0 Å². The van der Waals surface area contributed by atoms with Crippen LogP contribution in [0.3, 0.4) is 0 Å². The number of nitrogens with one attached hydrogen (secondary N) is 2. The summed E-state index contributed by atoms with van der Waals surface area (Å²) in [6.07, 6.45) is -0.747. The second-order valence-corrected chi connectivity index (χ2v) is 5.77. The first-order valence-corrected chi connectivity index (χ1v) is 6.54. The third-order valence-corrected chi connectivity index (χ3v) is 2.43. The van der Waals surface area contributed by atoms with Crippen LogP contribution in [0, 0.1) is 6.92 Å². The summed E-state index contributed by atoms with van der Waals surface area (Å²) >= 11 is 0. The summed E-state index contributed by atoms with van der Waals surface area (Å²) in [6, 6.07) is 6.84. The summed E-state index contributed by atoms with van der Waals surface area (Å²) in [5, 5.41) is 4.90. The van der Waals surface area contributed by atoms with Crippen molar-refractivity contribution >= 4 is 11.9 Å². The molecule has 0 spiro atoms. The Hall–Kier alpha value is -2.04. The number of carbonyl (C=O) groups excluding carboxylic acids is 2. The number of carbonyl (C=O) groups is 2. The first kappa shape index (κ1) is 16.0. The average Bonchev–Trinajstić information content (AvgIpc) is 2.29. The number of aryl methyl sites for hydroxylation is 1. The monoisotopic (exact) mass is 278 g/mol. The first-order chi connectivity index (χ1) is 9.17. The highest BCUT2D eigenvalue weighted by Crippen LogP contribution is 2.13. The van der Waals surface area contributed by atoms with Crippen molar-refractivity contribution in [2.24, 2.45) is 0 Å². The van der Waals surface area contributed by atoms with Crippen LogP contribution >= 0.6 is 0 Å². The van der Waals surface area contributed by atoms with Crippen LogP contribution in [-0.2, 0) is 4.79 Å². The minimum Gasteiger partial charge on any atom is -0.481 e. The zero-order valence-corrected chi connectivity index (χ0v) is 12.6. The normalized spacial score (nSPS) is 12.4. The van der Waals surface area contributed by atoms with Crippen LogP contribution in [-0.4, -0.2) is 23.6 Å². The molecular formula is C15H22N2O3. The van der Waals surface area contributed by atoms with Crippen molar-refractivity contribution in [2.45, 2.75) is 46.3 Å². The van der Waals surface area contributed by atoms with Crippen LogP contribution in [0.5, 0.6) is 5.75 Å². The molecule has 1 aromatic carbocycles. The molecule has 0 aliphatic carbocycles. The van der Waals surface area contributed by atoms with E-state index in [0.717, 1.165) is 5.56 Å². The fraction of sp³-hybridized carbons (Fsp3) is 0.467. The first-order valence-electron chi connectivity index (χ1n) is 6.54. The highest BCUT2D eigenvalue weighted by molar-refractivity contribution is 5.96. The van der Waals surface area contributed by atoms with Gasteiger partial charge >= 0.3 is 6.03 Å². The van der Waals surface area contributed by atoms with E-state index in [1.54, 1.807) is 19.1 Å². The minimum atomic E-state index is -0.747. The summed E-state index contributed by atoms with van der Waals surface area (Å²) in [5.41, 5.74) is 0.713. The van der Waals surface area contributed by atoms with Gasteiger partial charge in [0.15, 0.2) is 6.10 Å². The highest BCUT2D eigenvalue weighted by atomic mass is 16.5. The van der Waals surface area contributed by atoms with Crippen molar-refractivity contribution in [2.75, 3.05) is 0 Å². The van der Waals surface area contributed by atoms with Crippen molar-refractivity contribution in [3.8, 4) is 5.75 Å². The predicted octanol–water partition coefficient (Wildman–Crippen LogP) is 2.39. The number of rotatable bonds is 3. The van der Waals surface area contributed by atoms with E-state index < -0.39 is 23.6 Å². The van der Waals surface area contributed by atoms with Crippen molar-refractivity contribution in [1.82, 2.24) is 10.6 Å². The molecule has 0 bridgehead atoms. The Labute approximate surface area is 119 Å². The van der Waals surface area contributed by atoms with Crippen molar-refractivity contribution in [3.05, 3.63) is 29.8 Å². The summed E-state index contributed by atoms with van der Waals surface area (Å²) in [5.74, 6) is 0.113. The van der Waals surface area contributed by atoms with Gasteiger partial charge in [-0.05, 0) is 46.8 Å². The van der Waals surface area contributed by atoms with E-state index in [4.69, 9.17) is 4.74 Å². The lowest BCUT2D eigenvalue weighted by atomic mass is 10.1. The number of amides is 3. The quantitative estimate of drug-likeness (QED) is 0.892. The van der Waals surface area contributed by atoms with E-state index in [1.807, 2.05) is 39.8 Å². The lowest BCUT2D eigenvalue weighted by Gasteiger charge is -2.21. The van der Waals surface area contributed by atoms with Gasteiger partial charge in [-0.3, -0.25) is 10.1 Å². The molecule has 110 valence electrons. The molecule has 0 aliphatic heterocycles. The largest absolute Gasteiger partial charge is 0.481 e. The predicted molar refractivity (Wildman–Crippen MR) is 77.7 cm³/mol. The van der Waals surface area contributed by atoms with Gasteiger partial charge in [0, 0.05) is 5.54 Å². The van der Waals surface area contributed by atoms with E-state index in [-0.39, 0.29) is 0 Å².